The molecule has 1 fully saturated rings. The molecule has 1 atom stereocenters. The van der Waals surface area contributed by atoms with Crippen LogP contribution >= 0.6 is 0 Å². The minimum absolute atomic E-state index is 0.0617. The van der Waals surface area contributed by atoms with Crippen molar-refractivity contribution < 1.29 is 22.8 Å². The smallest absolute Gasteiger partial charge is 0.366 e. The number of benzene rings is 1. The molecule has 0 saturated carbocycles. The molecule has 2 amide bonds. The summed E-state index contributed by atoms with van der Waals surface area (Å²) < 4.78 is 37.7. The number of nitrogens with two attached hydrogens (primary N) is 1. The number of rotatable bonds is 4. The summed E-state index contributed by atoms with van der Waals surface area (Å²) in [5.41, 5.74) is 4.69. The highest BCUT2D eigenvalue weighted by Crippen LogP contribution is 2.29. The van der Waals surface area contributed by atoms with Crippen LogP contribution in [0.5, 0.6) is 0 Å². The number of carbonyl (C=O) groups is 2. The van der Waals surface area contributed by atoms with Crippen molar-refractivity contribution in [3.05, 3.63) is 48.0 Å². The van der Waals surface area contributed by atoms with Gasteiger partial charge < -0.3 is 10.6 Å². The van der Waals surface area contributed by atoms with E-state index in [1.807, 2.05) is 0 Å². The summed E-state index contributed by atoms with van der Waals surface area (Å²) >= 11 is 0. The van der Waals surface area contributed by atoms with Gasteiger partial charge in [-0.15, -0.1) is 0 Å². The number of likely N-dealkylation sites (tertiary alicyclic amines) is 1. The first-order valence-corrected chi connectivity index (χ1v) is 8.59. The predicted octanol–water partition coefficient (Wildman–Crippen LogP) is 2.81. The molecule has 150 valence electrons. The number of nitrogens with zero attached hydrogens (tertiary/aromatic N) is 2. The molecular weight excluding hydrogens is 359 g/mol. The SMILES string of the molecule is C=CC(N)=O.CN(C)C(=O)C1CCCCN1Cc1ccc(C(F)(F)F)cc1. The summed E-state index contributed by atoms with van der Waals surface area (Å²) in [5, 5.41) is 0. The van der Waals surface area contributed by atoms with Gasteiger partial charge in [-0.2, -0.15) is 13.2 Å². The quantitative estimate of drug-likeness (QED) is 0.811. The number of hydrogen-bond donors (Lipinski definition) is 1. The standard InChI is InChI=1S/C16H21F3N2O.C3H5NO/c1-20(2)15(22)14-5-3-4-10-21(14)11-12-6-8-13(9-7-12)16(17,18)19;1-2-3(4)5/h6-9,14H,3-5,10-11H2,1-2H3;2H,1H2,(H2,4,5). The van der Waals surface area contributed by atoms with E-state index in [4.69, 9.17) is 0 Å². The summed E-state index contributed by atoms with van der Waals surface area (Å²) in [7, 11) is 3.46. The van der Waals surface area contributed by atoms with Gasteiger partial charge in [0.25, 0.3) is 0 Å². The topological polar surface area (TPSA) is 66.6 Å². The lowest BCUT2D eigenvalue weighted by Crippen LogP contribution is -2.48. The lowest BCUT2D eigenvalue weighted by atomic mass is 10.00. The molecule has 1 aromatic carbocycles. The zero-order chi connectivity index (χ0) is 20.6. The third kappa shape index (κ3) is 7.42. The summed E-state index contributed by atoms with van der Waals surface area (Å²) in [4.78, 5) is 25.3. The lowest BCUT2D eigenvalue weighted by Gasteiger charge is -2.36. The molecule has 0 spiro atoms. The van der Waals surface area contributed by atoms with Crippen LogP contribution in [0.2, 0.25) is 0 Å². The van der Waals surface area contributed by atoms with Gasteiger partial charge >= 0.3 is 6.18 Å². The van der Waals surface area contributed by atoms with E-state index < -0.39 is 17.6 Å². The van der Waals surface area contributed by atoms with E-state index in [-0.39, 0.29) is 11.9 Å². The Balaban J connectivity index is 0.000000646. The minimum Gasteiger partial charge on any atom is -0.366 e. The predicted molar refractivity (Wildman–Crippen MR) is 97.6 cm³/mol. The lowest BCUT2D eigenvalue weighted by molar-refractivity contribution is -0.137. The molecular formula is C19H26F3N3O2. The summed E-state index contributed by atoms with van der Waals surface area (Å²) in [6, 6.07) is 5.01. The van der Waals surface area contributed by atoms with Crippen molar-refractivity contribution in [2.75, 3.05) is 20.6 Å². The van der Waals surface area contributed by atoms with Crippen molar-refractivity contribution in [1.29, 1.82) is 0 Å². The number of alkyl halides is 3. The molecule has 2 N–H and O–H groups in total. The van der Waals surface area contributed by atoms with Crippen molar-refractivity contribution in [2.45, 2.75) is 38.0 Å². The van der Waals surface area contributed by atoms with Gasteiger partial charge in [-0.05, 0) is 43.2 Å². The second-order valence-electron chi connectivity index (χ2n) is 6.52. The van der Waals surface area contributed by atoms with E-state index in [0.717, 1.165) is 49.6 Å². The van der Waals surface area contributed by atoms with Gasteiger partial charge in [-0.3, -0.25) is 14.5 Å². The third-order valence-corrected chi connectivity index (χ3v) is 4.21. The van der Waals surface area contributed by atoms with Crippen molar-refractivity contribution in [2.24, 2.45) is 5.73 Å². The first-order chi connectivity index (χ1) is 12.6. The van der Waals surface area contributed by atoms with Crippen LogP contribution in [-0.2, 0) is 22.3 Å². The molecule has 0 aromatic heterocycles. The van der Waals surface area contributed by atoms with E-state index in [1.54, 1.807) is 19.0 Å². The van der Waals surface area contributed by atoms with Crippen molar-refractivity contribution in [1.82, 2.24) is 9.80 Å². The van der Waals surface area contributed by atoms with Crippen LogP contribution in [0, 0.1) is 0 Å². The first-order valence-electron chi connectivity index (χ1n) is 8.59. The van der Waals surface area contributed by atoms with Crippen LogP contribution in [0.3, 0.4) is 0 Å². The fourth-order valence-electron chi connectivity index (χ4n) is 2.79. The Morgan fingerprint density at radius 1 is 1.26 bits per heavy atom. The number of primary amides is 1. The van der Waals surface area contributed by atoms with Gasteiger partial charge in [-0.25, -0.2) is 0 Å². The highest BCUT2D eigenvalue weighted by molar-refractivity contribution is 5.85. The summed E-state index contributed by atoms with van der Waals surface area (Å²) in [6.45, 7) is 4.38. The molecule has 1 aliphatic heterocycles. The molecule has 2 rings (SSSR count). The number of carbonyl (C=O) groups excluding carboxylic acids is 2. The van der Waals surface area contributed by atoms with Gasteiger partial charge in [0, 0.05) is 20.6 Å². The second-order valence-corrected chi connectivity index (χ2v) is 6.52. The van der Waals surface area contributed by atoms with Crippen LogP contribution in [0.15, 0.2) is 36.9 Å². The van der Waals surface area contributed by atoms with Gasteiger partial charge in [0.1, 0.15) is 0 Å². The van der Waals surface area contributed by atoms with Gasteiger partial charge in [0.2, 0.25) is 11.8 Å². The molecule has 1 unspecified atom stereocenters. The maximum atomic E-state index is 12.6. The highest BCUT2D eigenvalue weighted by Gasteiger charge is 2.31. The minimum atomic E-state index is -4.31. The van der Waals surface area contributed by atoms with E-state index in [9.17, 15) is 22.8 Å². The zero-order valence-corrected chi connectivity index (χ0v) is 15.6. The molecule has 1 saturated heterocycles. The normalized spacial score (nSPS) is 17.4. The molecule has 8 heteroatoms. The number of likely N-dealkylation sites (N-methyl/N-ethyl adjacent to an activating group) is 1. The fraction of sp³-hybridized carbons (Fsp3) is 0.474. The molecule has 1 aromatic rings. The Bertz CT molecular complexity index is 643. The van der Waals surface area contributed by atoms with Crippen molar-refractivity contribution >= 4 is 11.8 Å². The van der Waals surface area contributed by atoms with Crippen LogP contribution in [0.4, 0.5) is 13.2 Å². The van der Waals surface area contributed by atoms with Crippen LogP contribution < -0.4 is 5.73 Å². The van der Waals surface area contributed by atoms with Crippen molar-refractivity contribution in [3.63, 3.8) is 0 Å². The maximum Gasteiger partial charge on any atom is 0.416 e. The van der Waals surface area contributed by atoms with E-state index in [1.165, 1.54) is 12.1 Å². The fourth-order valence-corrected chi connectivity index (χ4v) is 2.79. The summed E-state index contributed by atoms with van der Waals surface area (Å²) in [5.74, 6) is -0.420. The van der Waals surface area contributed by atoms with E-state index in [0.29, 0.717) is 6.54 Å². The largest absolute Gasteiger partial charge is 0.416 e. The van der Waals surface area contributed by atoms with Gasteiger partial charge in [-0.1, -0.05) is 25.1 Å². The molecule has 0 radical (unpaired) electrons. The van der Waals surface area contributed by atoms with Crippen molar-refractivity contribution in [3.8, 4) is 0 Å². The Hall–Kier alpha value is -2.35. The molecule has 27 heavy (non-hydrogen) atoms. The van der Waals surface area contributed by atoms with Gasteiger partial charge in [0.05, 0.1) is 11.6 Å². The first kappa shape index (κ1) is 22.7. The average molecular weight is 385 g/mol. The molecule has 0 aliphatic carbocycles. The van der Waals surface area contributed by atoms with Crippen LogP contribution in [-0.4, -0.2) is 48.3 Å². The third-order valence-electron chi connectivity index (χ3n) is 4.21. The molecule has 1 heterocycles. The second kappa shape index (κ2) is 10.1. The molecule has 5 nitrogen and oxygen atoms in total. The van der Waals surface area contributed by atoms with Gasteiger partial charge in [0.15, 0.2) is 0 Å². The van der Waals surface area contributed by atoms with Crippen LogP contribution in [0.25, 0.3) is 0 Å². The molecule has 0 bridgehead atoms. The molecule has 1 aliphatic rings. The number of halogens is 3. The van der Waals surface area contributed by atoms with E-state index >= 15 is 0 Å². The number of hydrogen-bond acceptors (Lipinski definition) is 3. The summed E-state index contributed by atoms with van der Waals surface area (Å²) in [6.07, 6.45) is -0.434. The Morgan fingerprint density at radius 3 is 2.26 bits per heavy atom. The van der Waals surface area contributed by atoms with Crippen LogP contribution in [0.1, 0.15) is 30.4 Å². The monoisotopic (exact) mass is 385 g/mol. The Labute approximate surface area is 157 Å². The average Bonchev–Trinajstić information content (AvgIpc) is 2.61. The highest BCUT2D eigenvalue weighted by atomic mass is 19.4. The maximum absolute atomic E-state index is 12.6. The van der Waals surface area contributed by atoms with E-state index in [2.05, 4.69) is 17.2 Å². The number of piperidine rings is 1. The number of amides is 2. The Kier molecular flexibility index (Phi) is 8.49. The Morgan fingerprint density at radius 2 is 1.81 bits per heavy atom. The zero-order valence-electron chi connectivity index (χ0n) is 15.6.